The summed E-state index contributed by atoms with van der Waals surface area (Å²) in [4.78, 5) is 14.2. The number of hydrogen-bond donors (Lipinski definition) is 1. The summed E-state index contributed by atoms with van der Waals surface area (Å²) in [6.45, 7) is 2.99. The number of nitrogens with one attached hydrogen (secondary N) is 1. The Balaban J connectivity index is 0.00000288. The zero-order chi connectivity index (χ0) is 16.8. The van der Waals surface area contributed by atoms with Gasteiger partial charge >= 0.3 is 0 Å². The second-order valence-corrected chi connectivity index (χ2v) is 5.59. The van der Waals surface area contributed by atoms with E-state index in [0.29, 0.717) is 13.2 Å². The van der Waals surface area contributed by atoms with Crippen molar-refractivity contribution in [3.63, 3.8) is 0 Å². The normalized spacial score (nSPS) is 11.5. The van der Waals surface area contributed by atoms with Gasteiger partial charge in [0.05, 0.1) is 12.7 Å². The van der Waals surface area contributed by atoms with Crippen LogP contribution in [-0.4, -0.2) is 47.8 Å². The van der Waals surface area contributed by atoms with Crippen molar-refractivity contribution in [2.24, 2.45) is 7.05 Å². The van der Waals surface area contributed by atoms with Crippen LogP contribution in [-0.2, 0) is 11.8 Å². The van der Waals surface area contributed by atoms with Gasteiger partial charge in [-0.25, -0.2) is 0 Å². The molecule has 1 unspecified atom stereocenters. The van der Waals surface area contributed by atoms with Crippen LogP contribution in [0.3, 0.4) is 0 Å². The van der Waals surface area contributed by atoms with Gasteiger partial charge in [-0.2, -0.15) is 5.10 Å². The zero-order valence-electron chi connectivity index (χ0n) is 14.5. The van der Waals surface area contributed by atoms with Crippen LogP contribution < -0.4 is 10.1 Å². The Morgan fingerprint density at radius 3 is 2.79 bits per heavy atom. The molecule has 2 aromatic rings. The SMILES string of the molecule is CNC(C(=O)N(C)CCOc1cccc(C)c1)c1cnn(C)c1.Cl. The fourth-order valence-electron chi connectivity index (χ4n) is 2.36. The first-order chi connectivity index (χ1) is 11.0. The van der Waals surface area contributed by atoms with Gasteiger partial charge in [0.1, 0.15) is 18.4 Å². The molecule has 0 saturated carbocycles. The van der Waals surface area contributed by atoms with E-state index in [9.17, 15) is 4.79 Å². The molecule has 0 saturated heterocycles. The van der Waals surface area contributed by atoms with E-state index in [1.54, 1.807) is 29.9 Å². The molecule has 2 rings (SSSR count). The predicted molar refractivity (Wildman–Crippen MR) is 96.6 cm³/mol. The molecule has 0 aliphatic heterocycles. The third-order valence-electron chi connectivity index (χ3n) is 3.65. The van der Waals surface area contributed by atoms with Gasteiger partial charge < -0.3 is 15.0 Å². The lowest BCUT2D eigenvalue weighted by atomic mass is 10.1. The minimum Gasteiger partial charge on any atom is -0.492 e. The molecule has 24 heavy (non-hydrogen) atoms. The molecule has 1 heterocycles. The van der Waals surface area contributed by atoms with Gasteiger partial charge in [0.15, 0.2) is 0 Å². The van der Waals surface area contributed by atoms with E-state index in [4.69, 9.17) is 4.74 Å². The lowest BCUT2D eigenvalue weighted by molar-refractivity contribution is -0.132. The van der Waals surface area contributed by atoms with Crippen molar-refractivity contribution in [1.29, 1.82) is 0 Å². The Kier molecular flexibility index (Phi) is 7.74. The molecule has 1 aromatic heterocycles. The first-order valence-electron chi connectivity index (χ1n) is 7.61. The average Bonchev–Trinajstić information content (AvgIpc) is 2.94. The number of nitrogens with zero attached hydrogens (tertiary/aromatic N) is 3. The van der Waals surface area contributed by atoms with Gasteiger partial charge in [-0.1, -0.05) is 12.1 Å². The Morgan fingerprint density at radius 2 is 2.21 bits per heavy atom. The molecule has 0 aliphatic rings. The second kappa shape index (κ2) is 9.30. The number of halogens is 1. The van der Waals surface area contributed by atoms with E-state index in [1.165, 1.54) is 0 Å². The van der Waals surface area contributed by atoms with Crippen molar-refractivity contribution in [3.8, 4) is 5.75 Å². The van der Waals surface area contributed by atoms with Crippen molar-refractivity contribution >= 4 is 18.3 Å². The maximum Gasteiger partial charge on any atom is 0.244 e. The van der Waals surface area contributed by atoms with Gasteiger partial charge in [-0.05, 0) is 31.7 Å². The van der Waals surface area contributed by atoms with Gasteiger partial charge in [-0.3, -0.25) is 9.48 Å². The Labute approximate surface area is 149 Å². The summed E-state index contributed by atoms with van der Waals surface area (Å²) < 4.78 is 7.39. The van der Waals surface area contributed by atoms with Gasteiger partial charge in [0.2, 0.25) is 5.91 Å². The number of aromatic nitrogens is 2. The van der Waals surface area contributed by atoms with Crippen LogP contribution >= 0.6 is 12.4 Å². The molecule has 0 fully saturated rings. The van der Waals surface area contributed by atoms with E-state index in [1.807, 2.05) is 44.4 Å². The Bertz CT molecular complexity index is 660. The average molecular weight is 353 g/mol. The predicted octanol–water partition coefficient (Wildman–Crippen LogP) is 1.95. The Hall–Kier alpha value is -2.05. The summed E-state index contributed by atoms with van der Waals surface area (Å²) in [5.74, 6) is 0.816. The monoisotopic (exact) mass is 352 g/mol. The van der Waals surface area contributed by atoms with E-state index >= 15 is 0 Å². The molecule has 1 amide bonds. The van der Waals surface area contributed by atoms with Crippen LogP contribution in [0.15, 0.2) is 36.7 Å². The summed E-state index contributed by atoms with van der Waals surface area (Å²) in [5.41, 5.74) is 2.00. The Morgan fingerprint density at radius 1 is 1.46 bits per heavy atom. The first-order valence-corrected chi connectivity index (χ1v) is 7.61. The minimum atomic E-state index is -0.396. The van der Waals surface area contributed by atoms with Crippen molar-refractivity contribution in [2.75, 3.05) is 27.2 Å². The molecule has 0 aliphatic carbocycles. The number of likely N-dealkylation sites (N-methyl/N-ethyl adjacent to an activating group) is 2. The highest BCUT2D eigenvalue weighted by molar-refractivity contribution is 5.85. The molecule has 1 N–H and O–H groups in total. The molecule has 132 valence electrons. The van der Waals surface area contributed by atoms with Gasteiger partial charge in [-0.15, -0.1) is 12.4 Å². The summed E-state index contributed by atoms with van der Waals surface area (Å²) in [6, 6.07) is 7.48. The molecule has 6 nitrogen and oxygen atoms in total. The largest absolute Gasteiger partial charge is 0.492 e. The van der Waals surface area contributed by atoms with E-state index in [2.05, 4.69) is 10.4 Å². The highest BCUT2D eigenvalue weighted by Gasteiger charge is 2.23. The third kappa shape index (κ3) is 5.25. The summed E-state index contributed by atoms with van der Waals surface area (Å²) in [6.07, 6.45) is 3.55. The lowest BCUT2D eigenvalue weighted by Gasteiger charge is -2.23. The van der Waals surface area contributed by atoms with Gasteiger partial charge in [0, 0.05) is 25.9 Å². The minimum absolute atomic E-state index is 0. The maximum atomic E-state index is 12.6. The number of rotatable bonds is 7. The van der Waals surface area contributed by atoms with Crippen LogP contribution in [0.5, 0.6) is 5.75 Å². The standard InChI is InChI=1S/C17H24N4O2.ClH/c1-13-6-5-7-15(10-13)23-9-8-20(3)17(22)16(18-2)14-11-19-21(4)12-14;/h5-7,10-12,16,18H,8-9H2,1-4H3;1H. The number of ether oxygens (including phenoxy) is 1. The van der Waals surface area contributed by atoms with Crippen LogP contribution in [0.2, 0.25) is 0 Å². The maximum absolute atomic E-state index is 12.6. The summed E-state index contributed by atoms with van der Waals surface area (Å²) >= 11 is 0. The number of aryl methyl sites for hydroxylation is 2. The van der Waals surface area contributed by atoms with Crippen molar-refractivity contribution in [3.05, 3.63) is 47.8 Å². The number of amides is 1. The van der Waals surface area contributed by atoms with Crippen LogP contribution in [0.4, 0.5) is 0 Å². The molecular weight excluding hydrogens is 328 g/mol. The molecule has 7 heteroatoms. The smallest absolute Gasteiger partial charge is 0.244 e. The second-order valence-electron chi connectivity index (χ2n) is 5.59. The molecule has 0 radical (unpaired) electrons. The molecule has 1 atom stereocenters. The number of benzene rings is 1. The molecular formula is C17H25ClN4O2. The van der Waals surface area contributed by atoms with E-state index in [0.717, 1.165) is 16.9 Å². The summed E-state index contributed by atoms with van der Waals surface area (Å²) in [5, 5.41) is 7.16. The van der Waals surface area contributed by atoms with E-state index < -0.39 is 6.04 Å². The fraction of sp³-hybridized carbons (Fsp3) is 0.412. The number of carbonyl (C=O) groups excluding carboxylic acids is 1. The first kappa shape index (κ1) is 20.0. The highest BCUT2D eigenvalue weighted by atomic mass is 35.5. The van der Waals surface area contributed by atoms with Crippen LogP contribution in [0.1, 0.15) is 17.2 Å². The van der Waals surface area contributed by atoms with Crippen LogP contribution in [0.25, 0.3) is 0 Å². The third-order valence-corrected chi connectivity index (χ3v) is 3.65. The van der Waals surface area contributed by atoms with Crippen LogP contribution in [0, 0.1) is 6.92 Å². The van der Waals surface area contributed by atoms with Crippen molar-refractivity contribution in [1.82, 2.24) is 20.0 Å². The molecule has 1 aromatic carbocycles. The molecule has 0 spiro atoms. The molecule has 0 bridgehead atoms. The number of carbonyl (C=O) groups is 1. The summed E-state index contributed by atoms with van der Waals surface area (Å²) in [7, 11) is 5.38. The van der Waals surface area contributed by atoms with Crippen molar-refractivity contribution in [2.45, 2.75) is 13.0 Å². The lowest BCUT2D eigenvalue weighted by Crippen LogP contribution is -2.39. The van der Waals surface area contributed by atoms with Crippen molar-refractivity contribution < 1.29 is 9.53 Å². The topological polar surface area (TPSA) is 59.4 Å². The highest BCUT2D eigenvalue weighted by Crippen LogP contribution is 2.15. The zero-order valence-corrected chi connectivity index (χ0v) is 15.3. The fourth-order valence-corrected chi connectivity index (χ4v) is 2.36. The van der Waals surface area contributed by atoms with Gasteiger partial charge in [0.25, 0.3) is 0 Å². The number of hydrogen-bond acceptors (Lipinski definition) is 4. The quantitative estimate of drug-likeness (QED) is 0.827. The van der Waals surface area contributed by atoms with E-state index in [-0.39, 0.29) is 18.3 Å².